The number of anilines is 1. The van der Waals surface area contributed by atoms with Gasteiger partial charge in [-0.25, -0.2) is 4.98 Å². The maximum Gasteiger partial charge on any atom is 0.219 e. The molecule has 1 heterocycles. The normalized spacial score (nSPS) is 12.2. The van der Waals surface area contributed by atoms with Crippen LogP contribution in [0.4, 0.5) is 5.82 Å². The molecule has 0 aliphatic rings. The summed E-state index contributed by atoms with van der Waals surface area (Å²) in [7, 11) is 1.61. The lowest BCUT2D eigenvalue weighted by Gasteiger charge is -2.15. The molecule has 1 unspecified atom stereocenters. The van der Waals surface area contributed by atoms with Crippen LogP contribution in [0.2, 0.25) is 0 Å². The Balaban J connectivity index is 2.74. The van der Waals surface area contributed by atoms with Crippen LogP contribution in [-0.4, -0.2) is 42.9 Å². The third kappa shape index (κ3) is 5.85. The molecule has 1 N–H and O–H groups in total. The van der Waals surface area contributed by atoms with Gasteiger partial charge in [-0.2, -0.15) is 4.98 Å². The third-order valence-electron chi connectivity index (χ3n) is 2.26. The third-order valence-corrected chi connectivity index (χ3v) is 2.26. The second-order valence-corrected chi connectivity index (χ2v) is 4.06. The number of hydrogen-bond donors (Lipinski definition) is 1. The molecule has 19 heavy (non-hydrogen) atoms. The molecule has 0 aliphatic heterocycles. The van der Waals surface area contributed by atoms with Crippen molar-refractivity contribution < 1.29 is 14.2 Å². The molecule has 1 aromatic rings. The number of methoxy groups -OCH3 is 1. The molecule has 6 heteroatoms. The SMILES string of the molecule is CCNc1cc(OC(C)COCC)nc(COC)n1. The average Bonchev–Trinajstić information content (AvgIpc) is 2.37. The number of ether oxygens (including phenoxy) is 3. The first kappa shape index (κ1) is 15.7. The van der Waals surface area contributed by atoms with Gasteiger partial charge in [0.2, 0.25) is 5.88 Å². The van der Waals surface area contributed by atoms with Crippen LogP contribution in [0.25, 0.3) is 0 Å². The first-order valence-electron chi connectivity index (χ1n) is 6.54. The van der Waals surface area contributed by atoms with E-state index in [9.17, 15) is 0 Å². The van der Waals surface area contributed by atoms with Crippen molar-refractivity contribution in [3.8, 4) is 5.88 Å². The van der Waals surface area contributed by atoms with Crippen LogP contribution in [-0.2, 0) is 16.1 Å². The zero-order valence-electron chi connectivity index (χ0n) is 12.1. The second-order valence-electron chi connectivity index (χ2n) is 4.06. The zero-order chi connectivity index (χ0) is 14.1. The fourth-order valence-corrected chi connectivity index (χ4v) is 1.52. The van der Waals surface area contributed by atoms with Crippen molar-refractivity contribution in [3.05, 3.63) is 11.9 Å². The van der Waals surface area contributed by atoms with Crippen LogP contribution in [0.15, 0.2) is 6.07 Å². The quantitative estimate of drug-likeness (QED) is 0.738. The molecular weight excluding hydrogens is 246 g/mol. The van der Waals surface area contributed by atoms with Crippen molar-refractivity contribution in [2.24, 2.45) is 0 Å². The zero-order valence-corrected chi connectivity index (χ0v) is 12.1. The smallest absolute Gasteiger partial charge is 0.219 e. The van der Waals surface area contributed by atoms with Gasteiger partial charge < -0.3 is 19.5 Å². The van der Waals surface area contributed by atoms with E-state index in [1.54, 1.807) is 13.2 Å². The lowest BCUT2D eigenvalue weighted by Crippen LogP contribution is -2.20. The maximum absolute atomic E-state index is 5.72. The Labute approximate surface area is 114 Å². The Hall–Kier alpha value is -1.40. The lowest BCUT2D eigenvalue weighted by molar-refractivity contribution is 0.0628. The van der Waals surface area contributed by atoms with E-state index < -0.39 is 0 Å². The van der Waals surface area contributed by atoms with Crippen LogP contribution in [0.5, 0.6) is 5.88 Å². The van der Waals surface area contributed by atoms with Crippen LogP contribution in [0.1, 0.15) is 26.6 Å². The van der Waals surface area contributed by atoms with Crippen LogP contribution >= 0.6 is 0 Å². The number of nitrogens with zero attached hydrogens (tertiary/aromatic N) is 2. The molecule has 1 aromatic heterocycles. The molecule has 0 bridgehead atoms. The Bertz CT molecular complexity index is 350. The number of rotatable bonds is 9. The molecule has 0 saturated carbocycles. The van der Waals surface area contributed by atoms with E-state index in [4.69, 9.17) is 14.2 Å². The summed E-state index contributed by atoms with van der Waals surface area (Å²) in [6.45, 7) is 8.27. The van der Waals surface area contributed by atoms with Gasteiger partial charge in [-0.1, -0.05) is 0 Å². The number of aromatic nitrogens is 2. The van der Waals surface area contributed by atoms with E-state index in [1.807, 2.05) is 20.8 Å². The molecule has 0 fully saturated rings. The standard InChI is InChI=1S/C13H23N3O3/c1-5-14-11-7-13(16-12(15-11)9-17-4)19-10(3)8-18-6-2/h7,10H,5-6,8-9H2,1-4H3,(H,14,15,16). The minimum absolute atomic E-state index is 0.0558. The summed E-state index contributed by atoms with van der Waals surface area (Å²) in [6.07, 6.45) is -0.0558. The van der Waals surface area contributed by atoms with Gasteiger partial charge in [0.15, 0.2) is 5.82 Å². The highest BCUT2D eigenvalue weighted by Gasteiger charge is 2.09. The van der Waals surface area contributed by atoms with Gasteiger partial charge in [0.25, 0.3) is 0 Å². The van der Waals surface area contributed by atoms with Crippen molar-refractivity contribution in [1.29, 1.82) is 0 Å². The van der Waals surface area contributed by atoms with Gasteiger partial charge >= 0.3 is 0 Å². The van der Waals surface area contributed by atoms with Crippen LogP contribution in [0.3, 0.4) is 0 Å². The lowest BCUT2D eigenvalue weighted by atomic mass is 10.4. The summed E-state index contributed by atoms with van der Waals surface area (Å²) < 4.78 is 16.1. The molecule has 0 radical (unpaired) electrons. The summed E-state index contributed by atoms with van der Waals surface area (Å²) in [5.41, 5.74) is 0. The highest BCUT2D eigenvalue weighted by atomic mass is 16.5. The predicted molar refractivity (Wildman–Crippen MR) is 73.5 cm³/mol. The van der Waals surface area contributed by atoms with Gasteiger partial charge in [-0.15, -0.1) is 0 Å². The van der Waals surface area contributed by atoms with Gasteiger partial charge in [0.05, 0.1) is 6.61 Å². The molecule has 0 amide bonds. The minimum atomic E-state index is -0.0558. The molecule has 0 spiro atoms. The van der Waals surface area contributed by atoms with E-state index in [0.29, 0.717) is 31.5 Å². The van der Waals surface area contributed by atoms with Crippen LogP contribution in [0, 0.1) is 0 Å². The highest BCUT2D eigenvalue weighted by molar-refractivity contribution is 5.38. The Morgan fingerprint density at radius 3 is 2.74 bits per heavy atom. The fraction of sp³-hybridized carbons (Fsp3) is 0.692. The van der Waals surface area contributed by atoms with Crippen molar-refractivity contribution in [2.75, 3.05) is 32.2 Å². The fourth-order valence-electron chi connectivity index (χ4n) is 1.52. The molecular formula is C13H23N3O3. The van der Waals surface area contributed by atoms with Gasteiger partial charge in [0, 0.05) is 26.3 Å². The molecule has 0 saturated heterocycles. The van der Waals surface area contributed by atoms with E-state index in [2.05, 4.69) is 15.3 Å². The maximum atomic E-state index is 5.72. The number of nitrogens with one attached hydrogen (secondary N) is 1. The summed E-state index contributed by atoms with van der Waals surface area (Å²) >= 11 is 0. The monoisotopic (exact) mass is 269 g/mol. The van der Waals surface area contributed by atoms with E-state index in [0.717, 1.165) is 12.4 Å². The van der Waals surface area contributed by atoms with Gasteiger partial charge in [-0.05, 0) is 20.8 Å². The van der Waals surface area contributed by atoms with Crippen molar-refractivity contribution in [2.45, 2.75) is 33.5 Å². The summed E-state index contributed by atoms with van der Waals surface area (Å²) in [4.78, 5) is 8.62. The molecule has 108 valence electrons. The van der Waals surface area contributed by atoms with E-state index >= 15 is 0 Å². The molecule has 1 rings (SSSR count). The number of hydrogen-bond acceptors (Lipinski definition) is 6. The molecule has 0 aromatic carbocycles. The topological polar surface area (TPSA) is 65.5 Å². The molecule has 6 nitrogen and oxygen atoms in total. The molecule has 0 aliphatic carbocycles. The Morgan fingerprint density at radius 1 is 1.32 bits per heavy atom. The highest BCUT2D eigenvalue weighted by Crippen LogP contribution is 2.15. The van der Waals surface area contributed by atoms with Crippen LogP contribution < -0.4 is 10.1 Å². The van der Waals surface area contributed by atoms with Crippen molar-refractivity contribution in [3.63, 3.8) is 0 Å². The first-order valence-corrected chi connectivity index (χ1v) is 6.54. The average molecular weight is 269 g/mol. The summed E-state index contributed by atoms with van der Waals surface area (Å²) in [5.74, 6) is 1.87. The van der Waals surface area contributed by atoms with E-state index in [1.165, 1.54) is 0 Å². The largest absolute Gasteiger partial charge is 0.472 e. The Morgan fingerprint density at radius 2 is 2.11 bits per heavy atom. The van der Waals surface area contributed by atoms with Crippen molar-refractivity contribution >= 4 is 5.82 Å². The van der Waals surface area contributed by atoms with Crippen molar-refractivity contribution in [1.82, 2.24) is 9.97 Å². The summed E-state index contributed by atoms with van der Waals surface area (Å²) in [6, 6.07) is 1.78. The summed E-state index contributed by atoms with van der Waals surface area (Å²) in [5, 5.41) is 3.15. The Kier molecular flexibility index (Phi) is 7.14. The van der Waals surface area contributed by atoms with E-state index in [-0.39, 0.29) is 6.10 Å². The minimum Gasteiger partial charge on any atom is -0.472 e. The first-order chi connectivity index (χ1) is 9.19. The molecule has 1 atom stereocenters. The predicted octanol–water partition coefficient (Wildman–Crippen LogP) is 1.86. The van der Waals surface area contributed by atoms with Gasteiger partial charge in [0.1, 0.15) is 18.5 Å². The second kappa shape index (κ2) is 8.66. The van der Waals surface area contributed by atoms with Gasteiger partial charge in [-0.3, -0.25) is 0 Å².